The molecule has 1 aliphatic rings. The van der Waals surface area contributed by atoms with Crippen molar-refractivity contribution in [2.45, 2.75) is 25.9 Å². The van der Waals surface area contributed by atoms with Crippen LogP contribution >= 0.6 is 0 Å². The largest absolute Gasteiger partial charge is 0.376 e. The lowest BCUT2D eigenvalue weighted by Crippen LogP contribution is -2.32. The van der Waals surface area contributed by atoms with E-state index in [0.29, 0.717) is 12.2 Å². The van der Waals surface area contributed by atoms with E-state index in [1.807, 2.05) is 31.2 Å². The van der Waals surface area contributed by atoms with Crippen LogP contribution in [0.3, 0.4) is 0 Å². The summed E-state index contributed by atoms with van der Waals surface area (Å²) in [5, 5.41) is 6.18. The molecule has 2 N–H and O–H groups in total. The molecule has 5 nitrogen and oxygen atoms in total. The number of amides is 1. The smallest absolute Gasteiger partial charge is 0.270 e. The van der Waals surface area contributed by atoms with Crippen LogP contribution in [0.5, 0.6) is 0 Å². The summed E-state index contributed by atoms with van der Waals surface area (Å²) in [6.45, 7) is 3.37. The number of hydrogen-bond donors (Lipinski definition) is 2. The zero-order chi connectivity index (χ0) is 16.1. The lowest BCUT2D eigenvalue weighted by Gasteiger charge is -2.11. The normalized spacial score (nSPS) is 17.0. The van der Waals surface area contributed by atoms with Crippen LogP contribution in [-0.2, 0) is 4.74 Å². The Morgan fingerprint density at radius 1 is 1.30 bits per heavy atom. The number of nitrogens with zero attached hydrogens (tertiary/aromatic N) is 1. The van der Waals surface area contributed by atoms with Gasteiger partial charge in [-0.3, -0.25) is 9.78 Å². The van der Waals surface area contributed by atoms with Gasteiger partial charge in [0.25, 0.3) is 5.91 Å². The fourth-order valence-corrected chi connectivity index (χ4v) is 2.62. The topological polar surface area (TPSA) is 63.2 Å². The van der Waals surface area contributed by atoms with Gasteiger partial charge in [0.05, 0.1) is 6.10 Å². The van der Waals surface area contributed by atoms with Gasteiger partial charge in [-0.1, -0.05) is 12.1 Å². The van der Waals surface area contributed by atoms with Crippen molar-refractivity contribution in [2.75, 3.05) is 18.5 Å². The number of carbonyl (C=O) groups excluding carboxylic acids is 1. The Hall–Kier alpha value is -2.40. The first-order valence-corrected chi connectivity index (χ1v) is 7.90. The predicted molar refractivity (Wildman–Crippen MR) is 90.0 cm³/mol. The minimum absolute atomic E-state index is 0.132. The number of benzene rings is 1. The number of anilines is 2. The Morgan fingerprint density at radius 2 is 2.17 bits per heavy atom. The Bertz CT molecular complexity index is 681. The Labute approximate surface area is 136 Å². The molecule has 5 heteroatoms. The molecular weight excluding hydrogens is 290 g/mol. The number of carbonyl (C=O) groups is 1. The van der Waals surface area contributed by atoms with Gasteiger partial charge in [0.1, 0.15) is 5.69 Å². The van der Waals surface area contributed by atoms with Crippen LogP contribution in [0.4, 0.5) is 11.4 Å². The van der Waals surface area contributed by atoms with Crippen LogP contribution in [0.25, 0.3) is 0 Å². The SMILES string of the molecule is Cc1cccc(Nc2ccnc(C(=O)NCC3CCCO3)c2)c1. The molecule has 120 valence electrons. The highest BCUT2D eigenvalue weighted by Crippen LogP contribution is 2.18. The maximum Gasteiger partial charge on any atom is 0.270 e. The molecule has 1 aromatic heterocycles. The average Bonchev–Trinajstić information content (AvgIpc) is 3.06. The van der Waals surface area contributed by atoms with Crippen molar-refractivity contribution in [3.05, 3.63) is 53.9 Å². The standard InChI is InChI=1S/C18H21N3O2/c1-13-4-2-5-14(10-13)21-15-7-8-19-17(11-15)18(22)20-12-16-6-3-9-23-16/h2,4-5,7-8,10-11,16H,3,6,9,12H2,1H3,(H,19,21)(H,20,22). The first-order valence-electron chi connectivity index (χ1n) is 7.90. The summed E-state index contributed by atoms with van der Waals surface area (Å²) < 4.78 is 5.51. The molecule has 0 aliphatic carbocycles. The average molecular weight is 311 g/mol. The molecule has 1 saturated heterocycles. The van der Waals surface area contributed by atoms with E-state index >= 15 is 0 Å². The first kappa shape index (κ1) is 15.5. The summed E-state index contributed by atoms with van der Waals surface area (Å²) in [5.41, 5.74) is 3.41. The van der Waals surface area contributed by atoms with Crippen molar-refractivity contribution in [3.8, 4) is 0 Å². The summed E-state index contributed by atoms with van der Waals surface area (Å²) in [4.78, 5) is 16.4. The minimum Gasteiger partial charge on any atom is -0.376 e. The van der Waals surface area contributed by atoms with Crippen LogP contribution in [0.1, 0.15) is 28.9 Å². The highest BCUT2D eigenvalue weighted by molar-refractivity contribution is 5.93. The molecule has 23 heavy (non-hydrogen) atoms. The molecule has 0 spiro atoms. The van der Waals surface area contributed by atoms with Crippen molar-refractivity contribution in [1.82, 2.24) is 10.3 Å². The molecule has 1 aliphatic heterocycles. The Kier molecular flexibility index (Phi) is 4.88. The number of hydrogen-bond acceptors (Lipinski definition) is 4. The molecule has 1 atom stereocenters. The van der Waals surface area contributed by atoms with E-state index in [4.69, 9.17) is 4.74 Å². The van der Waals surface area contributed by atoms with Gasteiger partial charge < -0.3 is 15.4 Å². The zero-order valence-corrected chi connectivity index (χ0v) is 13.2. The number of nitrogens with one attached hydrogen (secondary N) is 2. The highest BCUT2D eigenvalue weighted by atomic mass is 16.5. The minimum atomic E-state index is -0.173. The second-order valence-electron chi connectivity index (χ2n) is 5.77. The van der Waals surface area contributed by atoms with E-state index in [1.54, 1.807) is 12.3 Å². The van der Waals surface area contributed by atoms with Crippen molar-refractivity contribution in [1.29, 1.82) is 0 Å². The summed E-state index contributed by atoms with van der Waals surface area (Å²) in [6, 6.07) is 11.7. The van der Waals surface area contributed by atoms with Gasteiger partial charge in [-0.25, -0.2) is 0 Å². The van der Waals surface area contributed by atoms with E-state index < -0.39 is 0 Å². The van der Waals surface area contributed by atoms with E-state index in [9.17, 15) is 4.79 Å². The molecule has 1 amide bonds. The summed E-state index contributed by atoms with van der Waals surface area (Å²) in [5.74, 6) is -0.173. The van der Waals surface area contributed by atoms with E-state index in [-0.39, 0.29) is 12.0 Å². The number of aryl methyl sites for hydroxylation is 1. The first-order chi connectivity index (χ1) is 11.2. The maximum absolute atomic E-state index is 12.2. The molecule has 2 aromatic rings. The number of aromatic nitrogens is 1. The zero-order valence-electron chi connectivity index (χ0n) is 13.2. The van der Waals surface area contributed by atoms with Crippen molar-refractivity contribution in [3.63, 3.8) is 0 Å². The molecule has 1 unspecified atom stereocenters. The fourth-order valence-electron chi connectivity index (χ4n) is 2.62. The third-order valence-corrected chi connectivity index (χ3v) is 3.81. The van der Waals surface area contributed by atoms with Gasteiger partial charge >= 0.3 is 0 Å². The molecule has 1 aromatic carbocycles. The molecule has 3 rings (SSSR count). The lowest BCUT2D eigenvalue weighted by molar-refractivity contribution is 0.0854. The third kappa shape index (κ3) is 4.29. The van der Waals surface area contributed by atoms with Crippen LogP contribution in [-0.4, -0.2) is 30.1 Å². The number of pyridine rings is 1. The van der Waals surface area contributed by atoms with E-state index in [2.05, 4.69) is 21.7 Å². The van der Waals surface area contributed by atoms with Crippen LogP contribution < -0.4 is 10.6 Å². The maximum atomic E-state index is 12.2. The van der Waals surface area contributed by atoms with Crippen LogP contribution in [0.15, 0.2) is 42.6 Å². The monoisotopic (exact) mass is 311 g/mol. The molecule has 0 saturated carbocycles. The molecule has 0 bridgehead atoms. The fraction of sp³-hybridized carbons (Fsp3) is 0.333. The van der Waals surface area contributed by atoms with Gasteiger partial charge in [0, 0.05) is 30.7 Å². The molecule has 0 radical (unpaired) electrons. The van der Waals surface area contributed by atoms with Gasteiger partial charge in [-0.15, -0.1) is 0 Å². The second kappa shape index (κ2) is 7.24. The Morgan fingerprint density at radius 3 is 2.96 bits per heavy atom. The van der Waals surface area contributed by atoms with Gasteiger partial charge in [0.2, 0.25) is 0 Å². The van der Waals surface area contributed by atoms with Crippen LogP contribution in [0.2, 0.25) is 0 Å². The highest BCUT2D eigenvalue weighted by Gasteiger charge is 2.17. The van der Waals surface area contributed by atoms with Crippen molar-refractivity contribution in [2.24, 2.45) is 0 Å². The van der Waals surface area contributed by atoms with E-state index in [0.717, 1.165) is 30.8 Å². The van der Waals surface area contributed by atoms with E-state index in [1.165, 1.54) is 5.56 Å². The number of rotatable bonds is 5. The third-order valence-electron chi connectivity index (χ3n) is 3.81. The lowest BCUT2D eigenvalue weighted by atomic mass is 10.2. The number of ether oxygens (including phenoxy) is 1. The quantitative estimate of drug-likeness (QED) is 0.891. The van der Waals surface area contributed by atoms with Crippen molar-refractivity contribution >= 4 is 17.3 Å². The van der Waals surface area contributed by atoms with Crippen molar-refractivity contribution < 1.29 is 9.53 Å². The van der Waals surface area contributed by atoms with Crippen LogP contribution in [0, 0.1) is 6.92 Å². The van der Waals surface area contributed by atoms with Gasteiger partial charge in [0.15, 0.2) is 0 Å². The Balaban J connectivity index is 1.63. The summed E-state index contributed by atoms with van der Waals surface area (Å²) >= 11 is 0. The molecule has 2 heterocycles. The molecule has 1 fully saturated rings. The summed E-state index contributed by atoms with van der Waals surface area (Å²) in [7, 11) is 0. The molecular formula is C18H21N3O2. The van der Waals surface area contributed by atoms with Gasteiger partial charge in [-0.2, -0.15) is 0 Å². The predicted octanol–water partition coefficient (Wildman–Crippen LogP) is 3.04. The van der Waals surface area contributed by atoms with Gasteiger partial charge in [-0.05, 0) is 49.6 Å². The summed E-state index contributed by atoms with van der Waals surface area (Å²) in [6.07, 6.45) is 3.84. The second-order valence-corrected chi connectivity index (χ2v) is 5.77.